The van der Waals surface area contributed by atoms with Crippen LogP contribution in [0.2, 0.25) is 0 Å². The van der Waals surface area contributed by atoms with Crippen LogP contribution in [0.4, 0.5) is 0 Å². The second kappa shape index (κ2) is 10.2. The van der Waals surface area contributed by atoms with Gasteiger partial charge in [0.25, 0.3) is 0 Å². The van der Waals surface area contributed by atoms with Gasteiger partial charge >= 0.3 is 0 Å². The highest BCUT2D eigenvalue weighted by molar-refractivity contribution is 5.76. The number of carbonyl (C=O) groups excluding carboxylic acids is 1. The first-order chi connectivity index (χ1) is 10.5. The lowest BCUT2D eigenvalue weighted by Crippen LogP contribution is -2.38. The van der Waals surface area contributed by atoms with Crippen LogP contribution in [0.3, 0.4) is 0 Å². The van der Waals surface area contributed by atoms with Crippen molar-refractivity contribution in [2.24, 2.45) is 11.7 Å². The predicted molar refractivity (Wildman–Crippen MR) is 93.6 cm³/mol. The zero-order valence-electron chi connectivity index (χ0n) is 14.0. The van der Waals surface area contributed by atoms with Gasteiger partial charge in [-0.25, -0.2) is 0 Å². The Kier molecular flexibility index (Phi) is 8.53. The summed E-state index contributed by atoms with van der Waals surface area (Å²) in [6, 6.07) is 10.2. The van der Waals surface area contributed by atoms with Crippen LogP contribution < -0.4 is 11.1 Å². The highest BCUT2D eigenvalue weighted by Gasteiger charge is 2.18. The van der Waals surface area contributed by atoms with Crippen LogP contribution >= 0.6 is 0 Å². The van der Waals surface area contributed by atoms with E-state index in [0.29, 0.717) is 18.9 Å². The van der Waals surface area contributed by atoms with E-state index in [0.717, 1.165) is 31.3 Å². The Morgan fingerprint density at radius 3 is 2.45 bits per heavy atom. The molecule has 0 heterocycles. The zero-order valence-corrected chi connectivity index (χ0v) is 14.0. The molecule has 3 nitrogen and oxygen atoms in total. The second-order valence-electron chi connectivity index (χ2n) is 6.14. The van der Waals surface area contributed by atoms with E-state index in [4.69, 9.17) is 5.73 Å². The third-order valence-corrected chi connectivity index (χ3v) is 3.91. The summed E-state index contributed by atoms with van der Waals surface area (Å²) in [5.74, 6) is 0.464. The van der Waals surface area contributed by atoms with E-state index in [1.807, 2.05) is 18.2 Å². The summed E-state index contributed by atoms with van der Waals surface area (Å²) in [6.45, 7) is 9.12. The summed E-state index contributed by atoms with van der Waals surface area (Å²) in [6.07, 6.45) is 4.26. The molecule has 1 aromatic rings. The Morgan fingerprint density at radius 1 is 1.18 bits per heavy atom. The smallest absolute Gasteiger partial charge is 0.220 e. The number of hydrogen-bond donors (Lipinski definition) is 2. The number of nitrogens with one attached hydrogen (secondary N) is 1. The fourth-order valence-corrected chi connectivity index (χ4v) is 2.40. The third-order valence-electron chi connectivity index (χ3n) is 3.91. The molecule has 0 unspecified atom stereocenters. The van der Waals surface area contributed by atoms with Crippen molar-refractivity contribution in [3.8, 4) is 0 Å². The number of rotatable bonds is 10. The van der Waals surface area contributed by atoms with Crippen LogP contribution in [0.15, 0.2) is 42.5 Å². The van der Waals surface area contributed by atoms with Crippen LogP contribution in [0, 0.1) is 5.92 Å². The average Bonchev–Trinajstić information content (AvgIpc) is 2.51. The van der Waals surface area contributed by atoms with E-state index < -0.39 is 0 Å². The van der Waals surface area contributed by atoms with Gasteiger partial charge in [0.15, 0.2) is 0 Å². The summed E-state index contributed by atoms with van der Waals surface area (Å²) in [4.78, 5) is 12.2. The molecule has 0 aliphatic rings. The standard InChI is InChI=1S/C19H30N2O/c1-15(2)16(3)18(14-17-10-6-4-7-11-17)21-19(22)12-8-5-9-13-20/h4,6-7,10-11,15,18H,3,5,8-9,12-14,20H2,1-2H3,(H,21,22)/t18-/m1/s1. The maximum atomic E-state index is 12.2. The molecule has 1 aromatic carbocycles. The Balaban J connectivity index is 2.58. The molecule has 0 bridgehead atoms. The Labute approximate surface area is 135 Å². The molecule has 0 saturated carbocycles. The molecule has 3 N–H and O–H groups in total. The lowest BCUT2D eigenvalue weighted by Gasteiger charge is -2.24. The predicted octanol–water partition coefficient (Wildman–Crippen LogP) is 3.45. The highest BCUT2D eigenvalue weighted by atomic mass is 16.1. The molecule has 1 amide bonds. The molecule has 0 aromatic heterocycles. The van der Waals surface area contributed by atoms with Crippen molar-refractivity contribution in [3.05, 3.63) is 48.0 Å². The number of amides is 1. The third kappa shape index (κ3) is 6.90. The Bertz CT molecular complexity index is 454. The molecule has 0 fully saturated rings. The van der Waals surface area contributed by atoms with Gasteiger partial charge in [0.1, 0.15) is 0 Å². The molecule has 1 rings (SSSR count). The molecular weight excluding hydrogens is 272 g/mol. The van der Waals surface area contributed by atoms with E-state index >= 15 is 0 Å². The van der Waals surface area contributed by atoms with E-state index in [-0.39, 0.29) is 11.9 Å². The lowest BCUT2D eigenvalue weighted by atomic mass is 9.92. The minimum absolute atomic E-state index is 0.00408. The van der Waals surface area contributed by atoms with Gasteiger partial charge in [0.2, 0.25) is 5.91 Å². The SMILES string of the molecule is C=C(C(C)C)[C@@H](Cc1ccccc1)NC(=O)CCCCCN. The van der Waals surface area contributed by atoms with E-state index in [1.165, 1.54) is 5.56 Å². The van der Waals surface area contributed by atoms with Crippen molar-refractivity contribution in [2.45, 2.75) is 52.0 Å². The van der Waals surface area contributed by atoms with Crippen molar-refractivity contribution < 1.29 is 4.79 Å². The second-order valence-corrected chi connectivity index (χ2v) is 6.14. The maximum absolute atomic E-state index is 12.2. The first kappa shape index (κ1) is 18.4. The van der Waals surface area contributed by atoms with Crippen molar-refractivity contribution in [1.29, 1.82) is 0 Å². The molecule has 0 aliphatic carbocycles. The van der Waals surface area contributed by atoms with Crippen molar-refractivity contribution in [1.82, 2.24) is 5.32 Å². The van der Waals surface area contributed by atoms with Crippen molar-refractivity contribution in [2.75, 3.05) is 6.54 Å². The van der Waals surface area contributed by atoms with Crippen LogP contribution in [0.1, 0.15) is 45.1 Å². The highest BCUT2D eigenvalue weighted by Crippen LogP contribution is 2.16. The van der Waals surface area contributed by atoms with Crippen LogP contribution in [-0.2, 0) is 11.2 Å². The molecule has 122 valence electrons. The average molecular weight is 302 g/mol. The molecule has 0 aliphatic heterocycles. The monoisotopic (exact) mass is 302 g/mol. The molecular formula is C19H30N2O. The zero-order chi connectivity index (χ0) is 16.4. The molecule has 1 atom stereocenters. The van der Waals surface area contributed by atoms with Gasteiger partial charge in [-0.3, -0.25) is 4.79 Å². The normalized spacial score (nSPS) is 12.2. The molecule has 0 spiro atoms. The fraction of sp³-hybridized carbons (Fsp3) is 0.526. The van der Waals surface area contributed by atoms with Crippen LogP contribution in [0.25, 0.3) is 0 Å². The molecule has 0 radical (unpaired) electrons. The van der Waals surface area contributed by atoms with Gasteiger partial charge in [-0.15, -0.1) is 0 Å². The van der Waals surface area contributed by atoms with Gasteiger partial charge in [-0.1, -0.05) is 62.8 Å². The summed E-state index contributed by atoms with van der Waals surface area (Å²) in [5, 5.41) is 3.15. The van der Waals surface area contributed by atoms with E-state index in [9.17, 15) is 4.79 Å². The Morgan fingerprint density at radius 2 is 1.86 bits per heavy atom. The minimum Gasteiger partial charge on any atom is -0.349 e. The van der Waals surface area contributed by atoms with Gasteiger partial charge in [-0.05, 0) is 37.3 Å². The van der Waals surface area contributed by atoms with Crippen molar-refractivity contribution >= 4 is 5.91 Å². The first-order valence-electron chi connectivity index (χ1n) is 8.26. The van der Waals surface area contributed by atoms with Gasteiger partial charge in [-0.2, -0.15) is 0 Å². The topological polar surface area (TPSA) is 55.1 Å². The molecule has 22 heavy (non-hydrogen) atoms. The van der Waals surface area contributed by atoms with E-state index in [1.54, 1.807) is 0 Å². The summed E-state index contributed by atoms with van der Waals surface area (Å²) in [7, 11) is 0. The fourth-order valence-electron chi connectivity index (χ4n) is 2.40. The quantitative estimate of drug-likeness (QED) is 0.514. The summed E-state index contributed by atoms with van der Waals surface area (Å²) >= 11 is 0. The molecule has 3 heteroatoms. The minimum atomic E-state index is 0.00408. The maximum Gasteiger partial charge on any atom is 0.220 e. The van der Waals surface area contributed by atoms with Gasteiger partial charge in [0.05, 0.1) is 6.04 Å². The van der Waals surface area contributed by atoms with Gasteiger partial charge < -0.3 is 11.1 Å². The number of nitrogens with two attached hydrogens (primary N) is 1. The summed E-state index contributed by atoms with van der Waals surface area (Å²) < 4.78 is 0. The van der Waals surface area contributed by atoms with Gasteiger partial charge in [0, 0.05) is 6.42 Å². The number of benzene rings is 1. The number of carbonyl (C=O) groups is 1. The molecule has 0 saturated heterocycles. The van der Waals surface area contributed by atoms with Crippen LogP contribution in [0.5, 0.6) is 0 Å². The summed E-state index contributed by atoms with van der Waals surface area (Å²) in [5.41, 5.74) is 7.78. The number of unbranched alkanes of at least 4 members (excludes halogenated alkanes) is 2. The van der Waals surface area contributed by atoms with Crippen molar-refractivity contribution in [3.63, 3.8) is 0 Å². The van der Waals surface area contributed by atoms with E-state index in [2.05, 4.69) is 37.9 Å². The Hall–Kier alpha value is -1.61. The number of hydrogen-bond acceptors (Lipinski definition) is 2. The largest absolute Gasteiger partial charge is 0.349 e. The first-order valence-corrected chi connectivity index (χ1v) is 8.26. The lowest BCUT2D eigenvalue weighted by molar-refractivity contribution is -0.121. The van der Waals surface area contributed by atoms with Crippen LogP contribution in [-0.4, -0.2) is 18.5 Å².